The van der Waals surface area contributed by atoms with Gasteiger partial charge in [-0.3, -0.25) is 14.2 Å². The van der Waals surface area contributed by atoms with Gasteiger partial charge in [-0.25, -0.2) is 0 Å². The van der Waals surface area contributed by atoms with Gasteiger partial charge >= 0.3 is 11.9 Å². The van der Waals surface area contributed by atoms with E-state index < -0.39 is 32.5 Å². The minimum Gasteiger partial charge on any atom is -0.756 e. The molecule has 58 heavy (non-hydrogen) atoms. The average Bonchev–Trinajstić information content (AvgIpc) is 3.17. The first-order valence-electron chi connectivity index (χ1n) is 21.6. The molecule has 0 aromatic rings. The first-order valence-corrected chi connectivity index (χ1v) is 23.1. The highest BCUT2D eigenvalue weighted by molar-refractivity contribution is 7.45. The van der Waals surface area contributed by atoms with Crippen molar-refractivity contribution in [3.63, 3.8) is 0 Å². The molecule has 0 fully saturated rings. The van der Waals surface area contributed by atoms with Gasteiger partial charge in [-0.1, -0.05) is 136 Å². The van der Waals surface area contributed by atoms with Crippen LogP contribution in [-0.4, -0.2) is 70.0 Å². The first-order chi connectivity index (χ1) is 28.0. The Morgan fingerprint density at radius 1 is 0.552 bits per heavy atom. The number of phosphoric ester groups is 1. The molecule has 0 heterocycles. The Morgan fingerprint density at radius 3 is 1.48 bits per heavy atom. The van der Waals surface area contributed by atoms with E-state index in [4.69, 9.17) is 18.5 Å². The molecule has 1 unspecified atom stereocenters. The fraction of sp³-hybridized carbons (Fsp3) is 0.583. The lowest BCUT2D eigenvalue weighted by Gasteiger charge is -2.28. The van der Waals surface area contributed by atoms with E-state index in [0.29, 0.717) is 30.3 Å². The Labute approximate surface area is 353 Å². The maximum absolute atomic E-state index is 12.6. The largest absolute Gasteiger partial charge is 0.756 e. The number of esters is 2. The van der Waals surface area contributed by atoms with Crippen LogP contribution in [0, 0.1) is 0 Å². The number of quaternary nitrogens is 1. The van der Waals surface area contributed by atoms with Crippen molar-refractivity contribution in [2.75, 3.05) is 47.5 Å². The number of rotatable bonds is 37. The monoisotopic (exact) mass is 828 g/mol. The Morgan fingerprint density at radius 2 is 1.00 bits per heavy atom. The fourth-order valence-electron chi connectivity index (χ4n) is 4.91. The minimum atomic E-state index is -4.66. The Bertz CT molecular complexity index is 1350. The van der Waals surface area contributed by atoms with Gasteiger partial charge < -0.3 is 27.9 Å². The highest BCUT2D eigenvalue weighted by atomic mass is 31.2. The molecule has 0 aliphatic heterocycles. The Balaban J connectivity index is 4.56. The van der Waals surface area contributed by atoms with Crippen molar-refractivity contribution in [1.82, 2.24) is 0 Å². The molecule has 0 radical (unpaired) electrons. The van der Waals surface area contributed by atoms with Crippen LogP contribution in [0.3, 0.4) is 0 Å². The molecular weight excluding hydrogens is 750 g/mol. The summed E-state index contributed by atoms with van der Waals surface area (Å²) in [7, 11) is 1.09. The van der Waals surface area contributed by atoms with E-state index in [9.17, 15) is 19.0 Å². The second-order valence-electron chi connectivity index (χ2n) is 15.0. The summed E-state index contributed by atoms with van der Waals surface area (Å²) in [6.45, 7) is 3.90. The summed E-state index contributed by atoms with van der Waals surface area (Å²) in [5.74, 6) is -0.953. The summed E-state index contributed by atoms with van der Waals surface area (Å²) in [5.41, 5.74) is 0. The van der Waals surface area contributed by atoms with Gasteiger partial charge in [0.15, 0.2) is 6.10 Å². The lowest BCUT2D eigenvalue weighted by Crippen LogP contribution is -2.37. The molecule has 328 valence electrons. The number of ether oxygens (including phenoxy) is 2. The highest BCUT2D eigenvalue weighted by Gasteiger charge is 2.21. The van der Waals surface area contributed by atoms with E-state index in [2.05, 4.69) is 117 Å². The van der Waals surface area contributed by atoms with Crippen LogP contribution < -0.4 is 4.89 Å². The van der Waals surface area contributed by atoms with Gasteiger partial charge in [-0.05, 0) is 89.9 Å². The Hall–Kier alpha value is -3.33. The van der Waals surface area contributed by atoms with Crippen molar-refractivity contribution in [1.29, 1.82) is 0 Å². The van der Waals surface area contributed by atoms with Crippen LogP contribution in [0.2, 0.25) is 0 Å². The second kappa shape index (κ2) is 39.1. The maximum atomic E-state index is 12.6. The van der Waals surface area contributed by atoms with Crippen LogP contribution in [-0.2, 0) is 32.7 Å². The van der Waals surface area contributed by atoms with E-state index >= 15 is 0 Å². The molecular formula is C48H78NO8P. The van der Waals surface area contributed by atoms with Crippen molar-refractivity contribution < 1.29 is 42.1 Å². The summed E-state index contributed by atoms with van der Waals surface area (Å²) in [4.78, 5) is 37.5. The van der Waals surface area contributed by atoms with E-state index in [1.54, 1.807) is 0 Å². The zero-order valence-corrected chi connectivity index (χ0v) is 37.6. The van der Waals surface area contributed by atoms with Gasteiger partial charge in [0.1, 0.15) is 19.8 Å². The normalized spacial score (nSPS) is 14.7. The van der Waals surface area contributed by atoms with Gasteiger partial charge in [0.25, 0.3) is 7.82 Å². The van der Waals surface area contributed by atoms with Crippen LogP contribution in [0.15, 0.2) is 109 Å². The Kier molecular flexibility index (Phi) is 36.9. The smallest absolute Gasteiger partial charge is 0.306 e. The number of unbranched alkanes of at least 4 members (excludes halogenated alkanes) is 5. The molecule has 0 saturated carbocycles. The van der Waals surface area contributed by atoms with Crippen LogP contribution in [0.5, 0.6) is 0 Å². The molecule has 0 saturated heterocycles. The molecule has 0 N–H and O–H groups in total. The molecule has 0 aromatic carbocycles. The van der Waals surface area contributed by atoms with Crippen molar-refractivity contribution in [2.24, 2.45) is 0 Å². The number of carbonyl (C=O) groups is 2. The quantitative estimate of drug-likeness (QED) is 0.0200. The van der Waals surface area contributed by atoms with Crippen LogP contribution in [0.1, 0.15) is 129 Å². The lowest BCUT2D eigenvalue weighted by molar-refractivity contribution is -0.870. The summed E-state index contributed by atoms with van der Waals surface area (Å²) >= 11 is 0. The maximum Gasteiger partial charge on any atom is 0.306 e. The third kappa shape index (κ3) is 42.3. The molecule has 0 aliphatic carbocycles. The molecule has 0 amide bonds. The van der Waals surface area contributed by atoms with Crippen molar-refractivity contribution in [3.05, 3.63) is 109 Å². The molecule has 2 atom stereocenters. The topological polar surface area (TPSA) is 111 Å². The first kappa shape index (κ1) is 54.7. The zero-order valence-electron chi connectivity index (χ0n) is 36.7. The van der Waals surface area contributed by atoms with Gasteiger partial charge in [0.05, 0.1) is 27.7 Å². The highest BCUT2D eigenvalue weighted by Crippen LogP contribution is 2.38. The number of hydrogen-bond acceptors (Lipinski definition) is 8. The van der Waals surface area contributed by atoms with E-state index in [-0.39, 0.29) is 26.1 Å². The van der Waals surface area contributed by atoms with Gasteiger partial charge in [0, 0.05) is 12.8 Å². The number of phosphoric acid groups is 1. The standard InChI is InChI=1S/C48H78NO8P/c1-6-8-10-12-14-16-18-20-22-24-26-28-30-32-34-36-38-40-47(50)54-44-46(45-56-58(52,53)55-43-42-49(3,4)5)57-48(51)41-39-37-35-33-31-29-27-25-23-21-19-17-15-13-11-9-7-2/h9-12,15-18,21-24,27-30,33,35,46H,6-8,13-14,19-20,25-26,31-32,34,36-45H2,1-5H3/b11-9+,12-10+,17-15+,18-16+,23-21+,24-22+,29-27+,30-28+,35-33+/t46-/m1/s1. The number of carbonyl (C=O) groups excluding carboxylic acids is 2. The summed E-state index contributed by atoms with van der Waals surface area (Å²) in [6, 6.07) is 0. The number of likely N-dealkylation sites (N-methyl/N-ethyl adjacent to an activating group) is 1. The van der Waals surface area contributed by atoms with Crippen LogP contribution in [0.25, 0.3) is 0 Å². The molecule has 0 aliphatic rings. The summed E-state index contributed by atoms with van der Waals surface area (Å²) < 4.78 is 33.8. The lowest BCUT2D eigenvalue weighted by atomic mass is 10.1. The average molecular weight is 828 g/mol. The zero-order chi connectivity index (χ0) is 42.8. The van der Waals surface area contributed by atoms with Crippen molar-refractivity contribution in [2.45, 2.75) is 136 Å². The van der Waals surface area contributed by atoms with Gasteiger partial charge in [0.2, 0.25) is 0 Å². The third-order valence-electron chi connectivity index (χ3n) is 8.26. The summed E-state index contributed by atoms with van der Waals surface area (Å²) in [6.07, 6.45) is 52.7. The van der Waals surface area contributed by atoms with Crippen LogP contribution in [0.4, 0.5) is 0 Å². The van der Waals surface area contributed by atoms with E-state index in [1.807, 2.05) is 27.2 Å². The van der Waals surface area contributed by atoms with E-state index in [1.165, 1.54) is 6.42 Å². The number of allylic oxidation sites excluding steroid dienone is 18. The predicted octanol–water partition coefficient (Wildman–Crippen LogP) is 11.7. The number of hydrogen-bond donors (Lipinski definition) is 0. The molecule has 0 aromatic heterocycles. The SMILES string of the molecule is CC/C=C/C/C=C/C/C=C/C/C=C/C/C=C/CCCC(=O)O[C@H](COC(=O)CCCCC/C=C/C/C=C/C/C=C/C/C=C/CCC)COP(=O)([O-])OCC[N+](C)(C)C. The molecule has 10 heteroatoms. The van der Waals surface area contributed by atoms with Gasteiger partial charge in [-0.2, -0.15) is 0 Å². The van der Waals surface area contributed by atoms with Crippen molar-refractivity contribution in [3.8, 4) is 0 Å². The van der Waals surface area contributed by atoms with Crippen LogP contribution >= 0.6 is 7.82 Å². The second-order valence-corrected chi connectivity index (χ2v) is 16.4. The third-order valence-corrected chi connectivity index (χ3v) is 9.22. The summed E-state index contributed by atoms with van der Waals surface area (Å²) in [5, 5.41) is 0. The van der Waals surface area contributed by atoms with Crippen molar-refractivity contribution >= 4 is 19.8 Å². The minimum absolute atomic E-state index is 0.0537. The molecule has 0 bridgehead atoms. The molecule has 0 spiro atoms. The fourth-order valence-corrected chi connectivity index (χ4v) is 5.64. The molecule has 9 nitrogen and oxygen atoms in total. The molecule has 0 rings (SSSR count). The van der Waals surface area contributed by atoms with E-state index in [0.717, 1.165) is 77.0 Å². The predicted molar refractivity (Wildman–Crippen MR) is 240 cm³/mol. The number of nitrogens with zero attached hydrogens (tertiary/aromatic N) is 1. The van der Waals surface area contributed by atoms with Gasteiger partial charge in [-0.15, -0.1) is 0 Å².